The number of nitrogens with zero attached hydrogens (tertiary/aromatic N) is 1. The van der Waals surface area contributed by atoms with E-state index in [9.17, 15) is 4.79 Å². The van der Waals surface area contributed by atoms with Crippen LogP contribution in [0, 0.1) is 5.92 Å². The summed E-state index contributed by atoms with van der Waals surface area (Å²) in [5.74, 6) is 0.965. The lowest BCUT2D eigenvalue weighted by Gasteiger charge is -2.26. The fourth-order valence-corrected chi connectivity index (χ4v) is 3.75. The molecule has 2 aromatic rings. The van der Waals surface area contributed by atoms with E-state index in [1.165, 1.54) is 24.0 Å². The Balaban J connectivity index is 1.43. The molecule has 1 amide bonds. The van der Waals surface area contributed by atoms with E-state index in [2.05, 4.69) is 47.2 Å². The van der Waals surface area contributed by atoms with Crippen LogP contribution in [0.2, 0.25) is 0 Å². The van der Waals surface area contributed by atoms with Gasteiger partial charge in [-0.05, 0) is 42.7 Å². The average molecular weight is 349 g/mol. The quantitative estimate of drug-likeness (QED) is 0.808. The third-order valence-electron chi connectivity index (χ3n) is 5.46. The first-order chi connectivity index (χ1) is 12.8. The fraction of sp³-hybridized carbons (Fsp3) is 0.409. The first kappa shape index (κ1) is 17.3. The van der Waals surface area contributed by atoms with Crippen molar-refractivity contribution in [3.63, 3.8) is 0 Å². The number of carbonyl (C=O) groups excluding carboxylic acids is 1. The second-order valence-corrected chi connectivity index (χ2v) is 7.50. The molecule has 0 bridgehead atoms. The number of hydrogen-bond acceptors (Lipinski definition) is 3. The number of hydrazine groups is 1. The van der Waals surface area contributed by atoms with Gasteiger partial charge in [0.1, 0.15) is 6.04 Å². The predicted molar refractivity (Wildman–Crippen MR) is 103 cm³/mol. The number of benzene rings is 2. The standard InChI is InChI=1S/C22H27N3O/c26-22(21-15-20(23-24-21)19-11-12-19)25(16-18-9-5-2-6-10-18)14-13-17-7-3-1-4-8-17/h1-10,19-21,23-24H,11-16H2. The first-order valence-electron chi connectivity index (χ1n) is 9.67. The van der Waals surface area contributed by atoms with Gasteiger partial charge >= 0.3 is 0 Å². The fourth-order valence-electron chi connectivity index (χ4n) is 3.75. The van der Waals surface area contributed by atoms with Crippen LogP contribution in [0.15, 0.2) is 60.7 Å². The Hall–Kier alpha value is -2.17. The number of carbonyl (C=O) groups is 1. The van der Waals surface area contributed by atoms with Crippen molar-refractivity contribution in [3.8, 4) is 0 Å². The highest BCUT2D eigenvalue weighted by molar-refractivity contribution is 5.82. The van der Waals surface area contributed by atoms with E-state index in [1.807, 2.05) is 29.2 Å². The van der Waals surface area contributed by atoms with Gasteiger partial charge in [-0.2, -0.15) is 0 Å². The maximum Gasteiger partial charge on any atom is 0.241 e. The molecule has 2 aromatic carbocycles. The zero-order valence-electron chi connectivity index (χ0n) is 15.1. The van der Waals surface area contributed by atoms with Crippen molar-refractivity contribution in [2.45, 2.75) is 44.3 Å². The molecule has 4 heteroatoms. The second kappa shape index (κ2) is 8.02. The molecule has 0 spiro atoms. The number of amides is 1. The molecule has 4 rings (SSSR count). The predicted octanol–water partition coefficient (Wildman–Crippen LogP) is 2.90. The Morgan fingerprint density at radius 3 is 2.23 bits per heavy atom. The van der Waals surface area contributed by atoms with Crippen LogP contribution in [-0.2, 0) is 17.8 Å². The molecule has 2 atom stereocenters. The summed E-state index contributed by atoms with van der Waals surface area (Å²) in [4.78, 5) is 15.2. The second-order valence-electron chi connectivity index (χ2n) is 7.50. The summed E-state index contributed by atoms with van der Waals surface area (Å²) in [5, 5.41) is 0. The molecule has 0 radical (unpaired) electrons. The molecule has 1 aliphatic heterocycles. The minimum atomic E-state index is -0.111. The third kappa shape index (κ3) is 4.32. The summed E-state index contributed by atoms with van der Waals surface area (Å²) < 4.78 is 0. The summed E-state index contributed by atoms with van der Waals surface area (Å²) in [5.41, 5.74) is 9.04. The molecule has 26 heavy (non-hydrogen) atoms. The zero-order chi connectivity index (χ0) is 17.8. The van der Waals surface area contributed by atoms with E-state index < -0.39 is 0 Å². The van der Waals surface area contributed by atoms with Crippen molar-refractivity contribution in [1.29, 1.82) is 0 Å². The highest BCUT2D eigenvalue weighted by Gasteiger charge is 2.39. The van der Waals surface area contributed by atoms with Crippen LogP contribution < -0.4 is 10.9 Å². The lowest BCUT2D eigenvalue weighted by atomic mass is 10.0. The summed E-state index contributed by atoms with van der Waals surface area (Å²) in [7, 11) is 0. The van der Waals surface area contributed by atoms with Gasteiger partial charge in [0.2, 0.25) is 5.91 Å². The molecule has 1 saturated heterocycles. The number of hydrogen-bond donors (Lipinski definition) is 2. The van der Waals surface area contributed by atoms with E-state index >= 15 is 0 Å². The molecule has 2 aliphatic rings. The van der Waals surface area contributed by atoms with Crippen molar-refractivity contribution < 1.29 is 4.79 Å². The molecule has 1 aliphatic carbocycles. The Bertz CT molecular complexity index is 715. The van der Waals surface area contributed by atoms with Gasteiger partial charge in [-0.15, -0.1) is 0 Å². The van der Waals surface area contributed by atoms with Gasteiger partial charge in [0, 0.05) is 19.1 Å². The molecule has 4 nitrogen and oxygen atoms in total. The van der Waals surface area contributed by atoms with Crippen molar-refractivity contribution in [2.24, 2.45) is 5.92 Å². The minimum absolute atomic E-state index is 0.111. The highest BCUT2D eigenvalue weighted by Crippen LogP contribution is 2.35. The third-order valence-corrected chi connectivity index (χ3v) is 5.46. The van der Waals surface area contributed by atoms with Crippen LogP contribution in [0.3, 0.4) is 0 Å². The lowest BCUT2D eigenvalue weighted by molar-refractivity contribution is -0.133. The normalized spacial score (nSPS) is 22.3. The molecule has 0 aromatic heterocycles. The highest BCUT2D eigenvalue weighted by atomic mass is 16.2. The molecular formula is C22H27N3O. The van der Waals surface area contributed by atoms with Gasteiger partial charge in [0.25, 0.3) is 0 Å². The first-order valence-corrected chi connectivity index (χ1v) is 9.67. The molecule has 1 heterocycles. The van der Waals surface area contributed by atoms with Crippen LogP contribution in [0.1, 0.15) is 30.4 Å². The summed E-state index contributed by atoms with van der Waals surface area (Å²) in [6.45, 7) is 1.41. The van der Waals surface area contributed by atoms with Crippen LogP contribution in [-0.4, -0.2) is 29.4 Å². The van der Waals surface area contributed by atoms with Gasteiger partial charge in [0.15, 0.2) is 0 Å². The van der Waals surface area contributed by atoms with Gasteiger partial charge in [0.05, 0.1) is 0 Å². The van der Waals surface area contributed by atoms with E-state index in [0.29, 0.717) is 12.6 Å². The summed E-state index contributed by atoms with van der Waals surface area (Å²) in [6.07, 6.45) is 4.37. The topological polar surface area (TPSA) is 44.4 Å². The molecule has 2 N–H and O–H groups in total. The van der Waals surface area contributed by atoms with Crippen molar-refractivity contribution in [2.75, 3.05) is 6.54 Å². The smallest absolute Gasteiger partial charge is 0.241 e. The van der Waals surface area contributed by atoms with Gasteiger partial charge in [-0.25, -0.2) is 5.43 Å². The Morgan fingerprint density at radius 2 is 1.58 bits per heavy atom. The van der Waals surface area contributed by atoms with E-state index in [4.69, 9.17) is 0 Å². The van der Waals surface area contributed by atoms with Crippen LogP contribution in [0.4, 0.5) is 0 Å². The van der Waals surface area contributed by atoms with Gasteiger partial charge < -0.3 is 4.90 Å². The Morgan fingerprint density at radius 1 is 0.923 bits per heavy atom. The molecule has 2 fully saturated rings. The number of rotatable bonds is 7. The van der Waals surface area contributed by atoms with Crippen LogP contribution >= 0.6 is 0 Å². The summed E-state index contributed by atoms with van der Waals surface area (Å²) >= 11 is 0. The van der Waals surface area contributed by atoms with Crippen LogP contribution in [0.25, 0.3) is 0 Å². The molecular weight excluding hydrogens is 322 g/mol. The lowest BCUT2D eigenvalue weighted by Crippen LogP contribution is -2.46. The number of nitrogens with one attached hydrogen (secondary N) is 2. The Kier molecular flexibility index (Phi) is 5.32. The molecule has 1 saturated carbocycles. The van der Waals surface area contributed by atoms with Crippen LogP contribution in [0.5, 0.6) is 0 Å². The monoisotopic (exact) mass is 349 g/mol. The SMILES string of the molecule is O=C(C1CC(C2CC2)NN1)N(CCc1ccccc1)Cc1ccccc1. The largest absolute Gasteiger partial charge is 0.337 e. The van der Waals surface area contributed by atoms with E-state index in [-0.39, 0.29) is 11.9 Å². The summed E-state index contributed by atoms with van der Waals surface area (Å²) in [6, 6.07) is 21.0. The van der Waals surface area contributed by atoms with Gasteiger partial charge in [-0.1, -0.05) is 60.7 Å². The maximum absolute atomic E-state index is 13.2. The van der Waals surface area contributed by atoms with E-state index in [1.54, 1.807) is 0 Å². The molecule has 136 valence electrons. The Labute approximate surface area is 155 Å². The molecule has 2 unspecified atom stereocenters. The zero-order valence-corrected chi connectivity index (χ0v) is 15.1. The maximum atomic E-state index is 13.2. The average Bonchev–Trinajstić information content (AvgIpc) is 3.43. The van der Waals surface area contributed by atoms with Crippen molar-refractivity contribution >= 4 is 5.91 Å². The minimum Gasteiger partial charge on any atom is -0.337 e. The van der Waals surface area contributed by atoms with Gasteiger partial charge in [-0.3, -0.25) is 10.2 Å². The van der Waals surface area contributed by atoms with Crippen molar-refractivity contribution in [1.82, 2.24) is 15.8 Å². The van der Waals surface area contributed by atoms with Crippen molar-refractivity contribution in [3.05, 3.63) is 71.8 Å². The van der Waals surface area contributed by atoms with E-state index in [0.717, 1.165) is 25.3 Å².